The number of hydrogen-bond donors (Lipinski definition) is 3. The summed E-state index contributed by atoms with van der Waals surface area (Å²) in [5.74, 6) is 0.811. The predicted octanol–water partition coefficient (Wildman–Crippen LogP) is 2.32. The van der Waals surface area contributed by atoms with Crippen LogP contribution in [0.5, 0.6) is 0 Å². The van der Waals surface area contributed by atoms with Crippen LogP contribution in [0.1, 0.15) is 53.4 Å². The van der Waals surface area contributed by atoms with Crippen LogP contribution in [0.15, 0.2) is 4.99 Å². The van der Waals surface area contributed by atoms with Crippen LogP contribution in [0.4, 0.5) is 0 Å². The molecular formula is C15H35IN4O2S. The number of rotatable bonds is 11. The first kappa shape index (κ1) is 25.2. The lowest BCUT2D eigenvalue weighted by atomic mass is 9.87. The van der Waals surface area contributed by atoms with Gasteiger partial charge in [0, 0.05) is 26.7 Å². The molecule has 0 fully saturated rings. The van der Waals surface area contributed by atoms with Crippen molar-refractivity contribution in [3.8, 4) is 0 Å². The maximum Gasteiger partial charge on any atom is 0.211 e. The molecule has 23 heavy (non-hydrogen) atoms. The van der Waals surface area contributed by atoms with E-state index in [1.165, 1.54) is 25.7 Å². The van der Waals surface area contributed by atoms with E-state index in [0.29, 0.717) is 19.0 Å². The molecule has 8 heteroatoms. The summed E-state index contributed by atoms with van der Waals surface area (Å²) in [5.41, 5.74) is 0.219. The maximum absolute atomic E-state index is 11.3. The molecule has 0 aromatic carbocycles. The number of guanidine groups is 1. The minimum absolute atomic E-state index is 0. The summed E-state index contributed by atoms with van der Waals surface area (Å²) in [6, 6.07) is 0. The fraction of sp³-hybridized carbons (Fsp3) is 0.933. The van der Waals surface area contributed by atoms with Crippen LogP contribution in [0.25, 0.3) is 0 Å². The Balaban J connectivity index is 0. The average Bonchev–Trinajstić information content (AvgIpc) is 2.46. The van der Waals surface area contributed by atoms with Gasteiger partial charge in [-0.25, -0.2) is 13.1 Å². The van der Waals surface area contributed by atoms with Gasteiger partial charge in [0.05, 0.1) is 5.75 Å². The van der Waals surface area contributed by atoms with Crippen molar-refractivity contribution >= 4 is 40.0 Å². The van der Waals surface area contributed by atoms with Gasteiger partial charge in [-0.05, 0) is 18.8 Å². The molecule has 0 aliphatic rings. The maximum atomic E-state index is 11.3. The quantitative estimate of drug-likeness (QED) is 0.191. The second-order valence-corrected chi connectivity index (χ2v) is 8.37. The number of nitrogens with zero attached hydrogens (tertiary/aromatic N) is 1. The normalized spacial score (nSPS) is 12.7. The Morgan fingerprint density at radius 3 is 2.26 bits per heavy atom. The molecule has 0 aliphatic carbocycles. The SMILES string of the molecule is CCCCCC(C)(C)CNC(=NC)NCCNS(=O)(=O)CC.I. The van der Waals surface area contributed by atoms with E-state index in [-0.39, 0.29) is 35.1 Å². The van der Waals surface area contributed by atoms with E-state index in [1.807, 2.05) is 0 Å². The largest absolute Gasteiger partial charge is 0.356 e. The highest BCUT2D eigenvalue weighted by Gasteiger charge is 2.17. The summed E-state index contributed by atoms with van der Waals surface area (Å²) in [4.78, 5) is 4.16. The van der Waals surface area contributed by atoms with E-state index < -0.39 is 10.0 Å². The Morgan fingerprint density at radius 2 is 1.74 bits per heavy atom. The number of hydrogen-bond acceptors (Lipinski definition) is 3. The van der Waals surface area contributed by atoms with Gasteiger partial charge in [-0.15, -0.1) is 24.0 Å². The average molecular weight is 462 g/mol. The lowest BCUT2D eigenvalue weighted by Gasteiger charge is -2.26. The zero-order valence-electron chi connectivity index (χ0n) is 15.2. The van der Waals surface area contributed by atoms with Crippen molar-refractivity contribution in [1.82, 2.24) is 15.4 Å². The Kier molecular flexibility index (Phi) is 14.5. The first-order valence-electron chi connectivity index (χ1n) is 8.18. The van der Waals surface area contributed by atoms with E-state index in [0.717, 1.165) is 6.54 Å². The number of aliphatic imine (C=N–C) groups is 1. The molecule has 0 rings (SSSR count). The van der Waals surface area contributed by atoms with Crippen LogP contribution in [-0.4, -0.2) is 46.8 Å². The molecule has 0 radical (unpaired) electrons. The summed E-state index contributed by atoms with van der Waals surface area (Å²) in [6.07, 6.45) is 4.94. The summed E-state index contributed by atoms with van der Waals surface area (Å²) >= 11 is 0. The van der Waals surface area contributed by atoms with Gasteiger partial charge in [0.15, 0.2) is 5.96 Å². The van der Waals surface area contributed by atoms with Crippen molar-refractivity contribution in [1.29, 1.82) is 0 Å². The van der Waals surface area contributed by atoms with Crippen LogP contribution in [-0.2, 0) is 10.0 Å². The van der Waals surface area contributed by atoms with E-state index in [1.54, 1.807) is 14.0 Å². The number of unbranched alkanes of at least 4 members (excludes halogenated alkanes) is 2. The highest BCUT2D eigenvalue weighted by atomic mass is 127. The molecule has 0 heterocycles. The molecule has 6 nitrogen and oxygen atoms in total. The van der Waals surface area contributed by atoms with E-state index in [9.17, 15) is 8.42 Å². The van der Waals surface area contributed by atoms with Crippen molar-refractivity contribution in [2.45, 2.75) is 53.4 Å². The smallest absolute Gasteiger partial charge is 0.211 e. The predicted molar refractivity (Wildman–Crippen MR) is 110 cm³/mol. The van der Waals surface area contributed by atoms with Crippen LogP contribution < -0.4 is 15.4 Å². The van der Waals surface area contributed by atoms with Gasteiger partial charge in [0.2, 0.25) is 10.0 Å². The van der Waals surface area contributed by atoms with Gasteiger partial charge in [-0.3, -0.25) is 4.99 Å². The standard InChI is InChI=1S/C15H34N4O2S.HI/c1-6-8-9-10-15(3,4)13-18-14(16-5)17-11-12-19-22(20,21)7-2;/h19H,6-13H2,1-5H3,(H2,16,17,18);1H. The number of halogens is 1. The topological polar surface area (TPSA) is 82.6 Å². The fourth-order valence-electron chi connectivity index (χ4n) is 1.98. The van der Waals surface area contributed by atoms with Crippen LogP contribution >= 0.6 is 24.0 Å². The molecule has 0 aromatic rings. The van der Waals surface area contributed by atoms with E-state index >= 15 is 0 Å². The third kappa shape index (κ3) is 14.0. The summed E-state index contributed by atoms with van der Waals surface area (Å²) in [7, 11) is -1.40. The molecule has 0 unspecified atom stereocenters. The van der Waals surface area contributed by atoms with Gasteiger partial charge in [-0.1, -0.05) is 40.0 Å². The molecule has 0 saturated heterocycles. The minimum atomic E-state index is -3.12. The van der Waals surface area contributed by atoms with Gasteiger partial charge >= 0.3 is 0 Å². The Morgan fingerprint density at radius 1 is 1.09 bits per heavy atom. The van der Waals surface area contributed by atoms with Crippen molar-refractivity contribution in [3.05, 3.63) is 0 Å². The van der Waals surface area contributed by atoms with Crippen LogP contribution in [0.3, 0.4) is 0 Å². The van der Waals surface area contributed by atoms with Gasteiger partial charge in [0.1, 0.15) is 0 Å². The Hall–Kier alpha value is -0.0900. The number of sulfonamides is 1. The van der Waals surface area contributed by atoms with Crippen LogP contribution in [0, 0.1) is 5.41 Å². The highest BCUT2D eigenvalue weighted by molar-refractivity contribution is 14.0. The Bertz CT molecular complexity index is 425. The van der Waals surface area contributed by atoms with Gasteiger partial charge in [-0.2, -0.15) is 0 Å². The van der Waals surface area contributed by atoms with Crippen molar-refractivity contribution in [2.24, 2.45) is 10.4 Å². The molecule has 0 amide bonds. The third-order valence-electron chi connectivity index (χ3n) is 3.53. The number of nitrogens with one attached hydrogen (secondary N) is 3. The minimum Gasteiger partial charge on any atom is -0.356 e. The molecular weight excluding hydrogens is 427 g/mol. The first-order chi connectivity index (χ1) is 10.3. The van der Waals surface area contributed by atoms with Gasteiger partial charge in [0.25, 0.3) is 0 Å². The second-order valence-electron chi connectivity index (χ2n) is 6.27. The molecule has 140 valence electrons. The highest BCUT2D eigenvalue weighted by Crippen LogP contribution is 2.22. The molecule has 0 bridgehead atoms. The van der Waals surface area contributed by atoms with Gasteiger partial charge < -0.3 is 10.6 Å². The summed E-state index contributed by atoms with van der Waals surface area (Å²) < 4.78 is 25.1. The lowest BCUT2D eigenvalue weighted by Crippen LogP contribution is -2.44. The van der Waals surface area contributed by atoms with E-state index in [4.69, 9.17) is 0 Å². The molecule has 3 N–H and O–H groups in total. The van der Waals surface area contributed by atoms with Crippen molar-refractivity contribution in [3.63, 3.8) is 0 Å². The zero-order valence-corrected chi connectivity index (χ0v) is 18.4. The third-order valence-corrected chi connectivity index (χ3v) is 4.94. The second kappa shape index (κ2) is 13.2. The summed E-state index contributed by atoms with van der Waals surface area (Å²) in [5, 5.41) is 6.43. The van der Waals surface area contributed by atoms with Crippen molar-refractivity contribution < 1.29 is 8.42 Å². The monoisotopic (exact) mass is 462 g/mol. The van der Waals surface area contributed by atoms with E-state index in [2.05, 4.69) is 41.1 Å². The Labute approximate surface area is 159 Å². The molecule has 0 spiro atoms. The molecule has 0 saturated carbocycles. The van der Waals surface area contributed by atoms with Crippen LogP contribution in [0.2, 0.25) is 0 Å². The molecule has 0 atom stereocenters. The molecule has 0 aromatic heterocycles. The lowest BCUT2D eigenvalue weighted by molar-refractivity contribution is 0.318. The first-order valence-corrected chi connectivity index (χ1v) is 9.83. The molecule has 0 aliphatic heterocycles. The zero-order chi connectivity index (χ0) is 17.1. The summed E-state index contributed by atoms with van der Waals surface area (Å²) in [6.45, 7) is 10.0. The fourth-order valence-corrected chi connectivity index (χ4v) is 2.59. The van der Waals surface area contributed by atoms with Crippen molar-refractivity contribution in [2.75, 3.05) is 32.4 Å².